The quantitative estimate of drug-likeness (QED) is 0.444. The zero-order valence-electron chi connectivity index (χ0n) is 20.2. The Labute approximate surface area is 217 Å². The molecule has 2 unspecified atom stereocenters. The van der Waals surface area contributed by atoms with Crippen LogP contribution in [0.2, 0.25) is 5.02 Å². The van der Waals surface area contributed by atoms with Gasteiger partial charge in [-0.05, 0) is 67.0 Å². The summed E-state index contributed by atoms with van der Waals surface area (Å²) in [6.07, 6.45) is 0. The van der Waals surface area contributed by atoms with Gasteiger partial charge in [0.25, 0.3) is 11.8 Å². The third kappa shape index (κ3) is 3.55. The average molecular weight is 517 g/mol. The number of aromatic amines is 1. The Kier molecular flexibility index (Phi) is 5.11. The zero-order valence-corrected chi connectivity index (χ0v) is 21.0. The number of carbonyl (C=O) groups excluding carboxylic acids is 2. The third-order valence-electron chi connectivity index (χ3n) is 8.32. The number of carbonyl (C=O) groups is 2. The first-order valence-electron chi connectivity index (χ1n) is 12.6. The normalized spacial score (nSPS) is 24.3. The number of nitrogens with zero attached hydrogens (tertiary/aromatic N) is 5. The van der Waals surface area contributed by atoms with Gasteiger partial charge in [-0.2, -0.15) is 0 Å². The number of rotatable bonds is 4. The fraction of sp³-hybridized carbons (Fsp3) is 0.370. The highest BCUT2D eigenvalue weighted by molar-refractivity contribution is 6.31. The molecular formula is C27H25ClN6O3. The summed E-state index contributed by atoms with van der Waals surface area (Å²) < 4.78 is 5.82. The third-order valence-corrected chi connectivity index (χ3v) is 8.56. The van der Waals surface area contributed by atoms with E-state index in [2.05, 4.69) is 20.4 Å². The molecule has 1 saturated carbocycles. The molecule has 10 heteroatoms. The lowest BCUT2D eigenvalue weighted by Crippen LogP contribution is -2.44. The van der Waals surface area contributed by atoms with Crippen LogP contribution in [0.25, 0.3) is 21.9 Å². The summed E-state index contributed by atoms with van der Waals surface area (Å²) in [7, 11) is 0. The number of nitrogens with one attached hydrogen (secondary N) is 1. The van der Waals surface area contributed by atoms with Gasteiger partial charge in [-0.15, -0.1) is 5.10 Å². The van der Waals surface area contributed by atoms with Crippen LogP contribution in [-0.4, -0.2) is 74.8 Å². The van der Waals surface area contributed by atoms with Gasteiger partial charge in [0, 0.05) is 48.2 Å². The number of fused-ring (bicyclic) bond motifs is 6. The lowest BCUT2D eigenvalue weighted by atomic mass is 9.60. The molecule has 188 valence electrons. The first-order valence-corrected chi connectivity index (χ1v) is 13.0. The van der Waals surface area contributed by atoms with Gasteiger partial charge in [0.1, 0.15) is 17.0 Å². The molecule has 1 aliphatic carbocycles. The van der Waals surface area contributed by atoms with E-state index in [1.54, 1.807) is 24.3 Å². The van der Waals surface area contributed by atoms with Crippen molar-refractivity contribution in [1.29, 1.82) is 0 Å². The highest BCUT2D eigenvalue weighted by Crippen LogP contribution is 2.54. The van der Waals surface area contributed by atoms with Gasteiger partial charge < -0.3 is 14.5 Å². The Morgan fingerprint density at radius 2 is 1.65 bits per heavy atom. The van der Waals surface area contributed by atoms with E-state index in [0.29, 0.717) is 76.4 Å². The molecule has 0 radical (unpaired) electrons. The number of pyridine rings is 1. The second kappa shape index (κ2) is 8.41. The summed E-state index contributed by atoms with van der Waals surface area (Å²) in [6.45, 7) is 5.25. The van der Waals surface area contributed by atoms with Crippen LogP contribution in [0.3, 0.4) is 0 Å². The Morgan fingerprint density at radius 1 is 0.946 bits per heavy atom. The number of halogens is 1. The van der Waals surface area contributed by atoms with Crippen LogP contribution >= 0.6 is 11.6 Å². The van der Waals surface area contributed by atoms with Crippen molar-refractivity contribution in [2.24, 2.45) is 23.7 Å². The van der Waals surface area contributed by atoms with Crippen molar-refractivity contribution < 1.29 is 14.3 Å². The van der Waals surface area contributed by atoms with E-state index in [4.69, 9.17) is 16.3 Å². The molecule has 4 atom stereocenters. The molecule has 4 heterocycles. The van der Waals surface area contributed by atoms with Gasteiger partial charge in [0.05, 0.1) is 17.6 Å². The van der Waals surface area contributed by atoms with Crippen molar-refractivity contribution in [1.82, 2.24) is 30.2 Å². The molecule has 2 saturated heterocycles. The number of amides is 2. The Bertz CT molecular complexity index is 1550. The topological polar surface area (TPSA) is 104 Å². The number of likely N-dealkylation sites (tertiary alicyclic amines) is 2. The maximum Gasteiger partial charge on any atom is 0.272 e. The maximum absolute atomic E-state index is 13.5. The SMILES string of the molecule is CCOc1cc(C(=O)N2CC3C(C2)[C@@H]2CN(C(=O)c4ccc5[nH]nnc5c4)C[C@H]32)nc2cc(Cl)ccc12. The summed E-state index contributed by atoms with van der Waals surface area (Å²) in [5.41, 5.74) is 3.17. The van der Waals surface area contributed by atoms with Crippen molar-refractivity contribution >= 4 is 45.4 Å². The van der Waals surface area contributed by atoms with Crippen LogP contribution in [0.15, 0.2) is 42.5 Å². The molecule has 2 aliphatic heterocycles. The molecule has 3 fully saturated rings. The van der Waals surface area contributed by atoms with Gasteiger partial charge in [-0.3, -0.25) is 14.7 Å². The molecule has 2 aromatic carbocycles. The van der Waals surface area contributed by atoms with Crippen molar-refractivity contribution in [3.63, 3.8) is 0 Å². The smallest absolute Gasteiger partial charge is 0.272 e. The highest BCUT2D eigenvalue weighted by Gasteiger charge is 2.59. The number of hydrogen-bond donors (Lipinski definition) is 1. The molecule has 0 bridgehead atoms. The molecule has 9 nitrogen and oxygen atoms in total. The number of aromatic nitrogens is 4. The van der Waals surface area contributed by atoms with Gasteiger partial charge in [-0.1, -0.05) is 16.8 Å². The van der Waals surface area contributed by atoms with Crippen LogP contribution in [0.5, 0.6) is 5.75 Å². The van der Waals surface area contributed by atoms with Crippen LogP contribution in [-0.2, 0) is 0 Å². The van der Waals surface area contributed by atoms with E-state index < -0.39 is 0 Å². The van der Waals surface area contributed by atoms with E-state index in [-0.39, 0.29) is 11.8 Å². The minimum atomic E-state index is -0.0795. The van der Waals surface area contributed by atoms with Crippen molar-refractivity contribution in [3.8, 4) is 5.75 Å². The van der Waals surface area contributed by atoms with E-state index in [9.17, 15) is 9.59 Å². The van der Waals surface area contributed by atoms with E-state index >= 15 is 0 Å². The maximum atomic E-state index is 13.5. The minimum absolute atomic E-state index is 0.0350. The van der Waals surface area contributed by atoms with Crippen molar-refractivity contribution in [2.75, 3.05) is 32.8 Å². The number of benzene rings is 2. The molecule has 37 heavy (non-hydrogen) atoms. The summed E-state index contributed by atoms with van der Waals surface area (Å²) in [4.78, 5) is 35.2. The number of hydrogen-bond acceptors (Lipinski definition) is 6. The summed E-state index contributed by atoms with van der Waals surface area (Å²) in [6, 6.07) is 12.6. The summed E-state index contributed by atoms with van der Waals surface area (Å²) in [5.74, 6) is 2.26. The first kappa shape index (κ1) is 22.5. The standard InChI is InChI=1S/C27H25ClN6O3/c1-2-37-25-9-24(29-22-8-15(28)4-5-16(22)25)27(36)34-12-19-17-10-33(11-18(17)20(19)13-34)26(35)14-3-6-21-23(7-14)31-32-30-21/h3-9,17-20H,2,10-13H2,1H3,(H,30,31,32)/t17-,18+,19?,20?. The molecule has 2 aromatic heterocycles. The molecule has 4 aromatic rings. The minimum Gasteiger partial charge on any atom is -0.493 e. The van der Waals surface area contributed by atoms with E-state index in [0.717, 1.165) is 24.0 Å². The molecule has 3 aliphatic rings. The van der Waals surface area contributed by atoms with Crippen LogP contribution in [0.4, 0.5) is 0 Å². The van der Waals surface area contributed by atoms with Crippen LogP contribution < -0.4 is 4.74 Å². The van der Waals surface area contributed by atoms with Gasteiger partial charge in [0.2, 0.25) is 0 Å². The second-order valence-corrected chi connectivity index (χ2v) is 10.7. The summed E-state index contributed by atoms with van der Waals surface area (Å²) in [5, 5.41) is 12.1. The fourth-order valence-electron chi connectivity index (χ4n) is 6.58. The lowest BCUT2D eigenvalue weighted by Gasteiger charge is -2.42. The second-order valence-electron chi connectivity index (χ2n) is 10.2. The average Bonchev–Trinajstić information content (AvgIpc) is 3.61. The number of ether oxygens (including phenoxy) is 1. The van der Waals surface area contributed by atoms with E-state index in [1.165, 1.54) is 0 Å². The predicted octanol–water partition coefficient (Wildman–Crippen LogP) is 3.65. The Hall–Kier alpha value is -3.72. The zero-order chi connectivity index (χ0) is 25.3. The van der Waals surface area contributed by atoms with Gasteiger partial charge in [0.15, 0.2) is 0 Å². The monoisotopic (exact) mass is 516 g/mol. The Balaban J connectivity index is 1.06. The summed E-state index contributed by atoms with van der Waals surface area (Å²) >= 11 is 6.19. The molecule has 2 amide bonds. The molecule has 1 N–H and O–H groups in total. The Morgan fingerprint density at radius 3 is 2.35 bits per heavy atom. The van der Waals surface area contributed by atoms with Crippen LogP contribution in [0, 0.1) is 23.7 Å². The van der Waals surface area contributed by atoms with Crippen molar-refractivity contribution in [3.05, 3.63) is 58.7 Å². The highest BCUT2D eigenvalue weighted by atomic mass is 35.5. The van der Waals surface area contributed by atoms with E-state index in [1.807, 2.05) is 34.9 Å². The first-order chi connectivity index (χ1) is 18.0. The van der Waals surface area contributed by atoms with Gasteiger partial charge in [-0.25, -0.2) is 4.98 Å². The predicted molar refractivity (Wildman–Crippen MR) is 138 cm³/mol. The van der Waals surface area contributed by atoms with Gasteiger partial charge >= 0.3 is 0 Å². The van der Waals surface area contributed by atoms with Crippen LogP contribution in [0.1, 0.15) is 27.8 Å². The molecular weight excluding hydrogens is 492 g/mol. The number of H-pyrrole nitrogens is 1. The van der Waals surface area contributed by atoms with Crippen molar-refractivity contribution in [2.45, 2.75) is 6.92 Å². The lowest BCUT2D eigenvalue weighted by molar-refractivity contribution is 0.0629. The molecule has 7 rings (SSSR count). The largest absolute Gasteiger partial charge is 0.493 e. The molecule has 0 spiro atoms. The fourth-order valence-corrected chi connectivity index (χ4v) is 6.75.